The monoisotopic (exact) mass is 456 g/mol. The lowest BCUT2D eigenvalue weighted by molar-refractivity contribution is 0.0532. The van der Waals surface area contributed by atoms with Gasteiger partial charge < -0.3 is 19.9 Å². The number of rotatable bonds is 12. The molecule has 0 saturated heterocycles. The van der Waals surface area contributed by atoms with Gasteiger partial charge in [-0.3, -0.25) is 4.72 Å². The molecule has 2 aromatic rings. The van der Waals surface area contributed by atoms with Crippen LogP contribution in [0.2, 0.25) is 10.0 Å². The van der Waals surface area contributed by atoms with Gasteiger partial charge in [0.1, 0.15) is 11.9 Å². The highest BCUT2D eigenvalue weighted by Crippen LogP contribution is 2.40. The minimum atomic E-state index is -0.0104. The number of ether oxygens (including phenoxy) is 3. The zero-order chi connectivity index (χ0) is 20.5. The van der Waals surface area contributed by atoms with Crippen LogP contribution >= 0.6 is 35.1 Å². The molecule has 2 aromatic carbocycles. The number of hydrogen-bond donors (Lipinski definition) is 2. The van der Waals surface area contributed by atoms with Crippen LogP contribution < -0.4 is 15.2 Å². The van der Waals surface area contributed by atoms with Crippen molar-refractivity contribution >= 4 is 35.1 Å². The van der Waals surface area contributed by atoms with Gasteiger partial charge in [0.2, 0.25) is 0 Å². The summed E-state index contributed by atoms with van der Waals surface area (Å²) >= 11 is 14.0. The molecular formula is C21H26Cl2N2O3S. The van der Waals surface area contributed by atoms with E-state index in [1.807, 2.05) is 30.3 Å². The van der Waals surface area contributed by atoms with Crippen molar-refractivity contribution < 1.29 is 14.2 Å². The van der Waals surface area contributed by atoms with Crippen molar-refractivity contribution in [3.63, 3.8) is 0 Å². The molecule has 1 aliphatic carbocycles. The molecule has 0 radical (unpaired) electrons. The molecule has 1 aliphatic rings. The SMILES string of the molecule is NCCOCCOCCNSc1ccc(OC2CCc3c(Cl)cc(Cl)cc32)cc1. The van der Waals surface area contributed by atoms with Crippen molar-refractivity contribution in [1.29, 1.82) is 0 Å². The Balaban J connectivity index is 1.38. The average Bonchev–Trinajstić information content (AvgIpc) is 3.11. The quantitative estimate of drug-likeness (QED) is 0.357. The first-order chi connectivity index (χ1) is 14.2. The van der Waals surface area contributed by atoms with Crippen LogP contribution in [0.5, 0.6) is 5.75 Å². The minimum absolute atomic E-state index is 0.0104. The summed E-state index contributed by atoms with van der Waals surface area (Å²) in [4.78, 5) is 1.11. The summed E-state index contributed by atoms with van der Waals surface area (Å²) in [6.45, 7) is 3.66. The maximum Gasteiger partial charge on any atom is 0.124 e. The van der Waals surface area contributed by atoms with Crippen LogP contribution in [-0.4, -0.2) is 39.5 Å². The van der Waals surface area contributed by atoms with Crippen molar-refractivity contribution in [2.24, 2.45) is 5.73 Å². The lowest BCUT2D eigenvalue weighted by atomic mass is 10.1. The van der Waals surface area contributed by atoms with Crippen molar-refractivity contribution in [2.45, 2.75) is 23.8 Å². The van der Waals surface area contributed by atoms with E-state index in [4.69, 9.17) is 43.1 Å². The highest BCUT2D eigenvalue weighted by Gasteiger charge is 2.26. The molecule has 5 nitrogen and oxygen atoms in total. The summed E-state index contributed by atoms with van der Waals surface area (Å²) < 4.78 is 20.2. The van der Waals surface area contributed by atoms with Gasteiger partial charge in [-0.25, -0.2) is 0 Å². The van der Waals surface area contributed by atoms with Gasteiger partial charge in [0.15, 0.2) is 0 Å². The van der Waals surface area contributed by atoms with E-state index in [2.05, 4.69) is 4.72 Å². The molecular weight excluding hydrogens is 431 g/mol. The molecule has 0 spiro atoms. The smallest absolute Gasteiger partial charge is 0.124 e. The van der Waals surface area contributed by atoms with Crippen molar-refractivity contribution in [1.82, 2.24) is 4.72 Å². The second-order valence-corrected chi connectivity index (χ2v) is 8.39. The topological polar surface area (TPSA) is 65.7 Å². The summed E-state index contributed by atoms with van der Waals surface area (Å²) in [6.07, 6.45) is 1.81. The van der Waals surface area contributed by atoms with Crippen LogP contribution in [0.3, 0.4) is 0 Å². The second kappa shape index (κ2) is 12.0. The van der Waals surface area contributed by atoms with Gasteiger partial charge in [-0.2, -0.15) is 0 Å². The number of fused-ring (bicyclic) bond motifs is 1. The highest BCUT2D eigenvalue weighted by atomic mass is 35.5. The molecule has 0 heterocycles. The summed E-state index contributed by atoms with van der Waals surface area (Å²) in [5.41, 5.74) is 7.59. The first-order valence-corrected chi connectivity index (χ1v) is 11.2. The maximum atomic E-state index is 6.30. The molecule has 8 heteroatoms. The first kappa shape index (κ1) is 22.7. The van der Waals surface area contributed by atoms with Gasteiger partial charge in [-0.15, -0.1) is 0 Å². The Kier molecular flexibility index (Phi) is 9.39. The van der Waals surface area contributed by atoms with Crippen LogP contribution in [0.4, 0.5) is 0 Å². The van der Waals surface area contributed by atoms with Gasteiger partial charge >= 0.3 is 0 Å². The van der Waals surface area contributed by atoms with Crippen molar-refractivity contribution in [3.05, 3.63) is 57.6 Å². The Morgan fingerprint density at radius 2 is 1.79 bits per heavy atom. The normalized spacial score (nSPS) is 15.5. The lowest BCUT2D eigenvalue weighted by Crippen LogP contribution is -2.16. The van der Waals surface area contributed by atoms with E-state index in [9.17, 15) is 0 Å². The van der Waals surface area contributed by atoms with Gasteiger partial charge in [-0.1, -0.05) is 23.2 Å². The van der Waals surface area contributed by atoms with Crippen LogP contribution in [0.1, 0.15) is 23.7 Å². The molecule has 0 amide bonds. The van der Waals surface area contributed by atoms with E-state index >= 15 is 0 Å². The Bertz CT molecular complexity index is 777. The standard InChI is InChI=1S/C21H26Cl2N2O3S/c22-15-13-19-18(20(23)14-15)5-6-21(19)28-16-1-3-17(4-2-16)29-25-8-10-27-12-11-26-9-7-24/h1-4,13-14,21,25H,5-12,24H2. The van der Waals surface area contributed by atoms with Crippen LogP contribution in [0.15, 0.2) is 41.3 Å². The van der Waals surface area contributed by atoms with Gasteiger partial charge in [-0.05, 0) is 72.3 Å². The number of nitrogens with one attached hydrogen (secondary N) is 1. The number of halogens is 2. The molecule has 158 valence electrons. The third-order valence-corrected chi connectivity index (χ3v) is 5.88. The number of hydrogen-bond acceptors (Lipinski definition) is 6. The molecule has 1 atom stereocenters. The largest absolute Gasteiger partial charge is 0.486 e. The van der Waals surface area contributed by atoms with Crippen molar-refractivity contribution in [3.8, 4) is 5.75 Å². The first-order valence-electron chi connectivity index (χ1n) is 9.67. The molecule has 3 rings (SSSR count). The van der Waals surface area contributed by atoms with E-state index in [0.29, 0.717) is 38.0 Å². The Hall–Kier alpha value is -0.990. The van der Waals surface area contributed by atoms with E-state index in [0.717, 1.165) is 46.2 Å². The van der Waals surface area contributed by atoms with E-state index < -0.39 is 0 Å². The second-order valence-electron chi connectivity index (χ2n) is 6.58. The minimum Gasteiger partial charge on any atom is -0.486 e. The zero-order valence-electron chi connectivity index (χ0n) is 16.2. The summed E-state index contributed by atoms with van der Waals surface area (Å²) in [6, 6.07) is 11.8. The summed E-state index contributed by atoms with van der Waals surface area (Å²) in [5.74, 6) is 0.837. The van der Waals surface area contributed by atoms with Crippen LogP contribution in [-0.2, 0) is 15.9 Å². The van der Waals surface area contributed by atoms with Gasteiger partial charge in [0.25, 0.3) is 0 Å². The van der Waals surface area contributed by atoms with E-state index in [1.165, 1.54) is 0 Å². The molecule has 3 N–H and O–H groups in total. The Morgan fingerprint density at radius 3 is 2.55 bits per heavy atom. The molecule has 0 fully saturated rings. The summed E-state index contributed by atoms with van der Waals surface area (Å²) in [7, 11) is 0. The zero-order valence-corrected chi connectivity index (χ0v) is 18.5. The maximum absolute atomic E-state index is 6.30. The molecule has 0 aliphatic heterocycles. The van der Waals surface area contributed by atoms with Crippen molar-refractivity contribution in [2.75, 3.05) is 39.5 Å². The fourth-order valence-electron chi connectivity index (χ4n) is 3.13. The van der Waals surface area contributed by atoms with Crippen LogP contribution in [0.25, 0.3) is 0 Å². The molecule has 0 aromatic heterocycles. The predicted molar refractivity (Wildman–Crippen MR) is 119 cm³/mol. The third kappa shape index (κ3) is 7.03. The fraction of sp³-hybridized carbons (Fsp3) is 0.429. The summed E-state index contributed by atoms with van der Waals surface area (Å²) in [5, 5.41) is 1.37. The highest BCUT2D eigenvalue weighted by molar-refractivity contribution is 7.97. The Labute approximate surface area is 186 Å². The average molecular weight is 457 g/mol. The van der Waals surface area contributed by atoms with E-state index in [-0.39, 0.29) is 6.10 Å². The van der Waals surface area contributed by atoms with E-state index in [1.54, 1.807) is 18.0 Å². The fourth-order valence-corrected chi connectivity index (χ4v) is 4.36. The molecule has 1 unspecified atom stereocenters. The number of nitrogens with two attached hydrogens (primary N) is 1. The number of benzene rings is 2. The third-order valence-electron chi connectivity index (χ3n) is 4.47. The van der Waals surface area contributed by atoms with Gasteiger partial charge in [0, 0.05) is 28.0 Å². The molecule has 0 bridgehead atoms. The molecule has 0 saturated carbocycles. The molecule has 29 heavy (non-hydrogen) atoms. The van der Waals surface area contributed by atoms with Crippen LogP contribution in [0, 0.1) is 0 Å². The lowest BCUT2D eigenvalue weighted by Gasteiger charge is -2.16. The van der Waals surface area contributed by atoms with Gasteiger partial charge in [0.05, 0.1) is 26.4 Å². The predicted octanol–water partition coefficient (Wildman–Crippen LogP) is 4.65. The Morgan fingerprint density at radius 1 is 1.03 bits per heavy atom.